The van der Waals surface area contributed by atoms with Crippen LogP contribution in [0.15, 0.2) is 48.5 Å². The van der Waals surface area contributed by atoms with Gasteiger partial charge in [0, 0.05) is 29.9 Å². The van der Waals surface area contributed by atoms with Crippen molar-refractivity contribution in [1.82, 2.24) is 14.8 Å². The smallest absolute Gasteiger partial charge is 0.175 e. The molecule has 0 amide bonds. The summed E-state index contributed by atoms with van der Waals surface area (Å²) in [7, 11) is 0. The molecule has 2 heterocycles. The van der Waals surface area contributed by atoms with Crippen LogP contribution in [0.3, 0.4) is 0 Å². The number of rotatable bonds is 4. The van der Waals surface area contributed by atoms with Crippen LogP contribution >= 0.6 is 12.2 Å². The van der Waals surface area contributed by atoms with Gasteiger partial charge in [0.2, 0.25) is 0 Å². The summed E-state index contributed by atoms with van der Waals surface area (Å²) in [4.78, 5) is 0. The SMILES string of the molecule is CCc1cccc(NC(=S)Nc2cccc(-c3nnc4n3CCCCC4)c2)c1. The number of anilines is 2. The number of hydrogen-bond donors (Lipinski definition) is 2. The molecule has 0 unspecified atom stereocenters. The second-order valence-electron chi connectivity index (χ2n) is 7.12. The van der Waals surface area contributed by atoms with E-state index in [-0.39, 0.29) is 0 Å². The molecule has 0 spiro atoms. The zero-order valence-electron chi connectivity index (χ0n) is 16.1. The van der Waals surface area contributed by atoms with E-state index in [1.165, 1.54) is 24.8 Å². The van der Waals surface area contributed by atoms with Gasteiger partial charge in [-0.3, -0.25) is 0 Å². The van der Waals surface area contributed by atoms with Crippen molar-refractivity contribution in [2.45, 2.75) is 45.6 Å². The summed E-state index contributed by atoms with van der Waals surface area (Å²) in [5.74, 6) is 2.04. The minimum Gasteiger partial charge on any atom is -0.332 e. The van der Waals surface area contributed by atoms with E-state index in [1.54, 1.807) is 0 Å². The van der Waals surface area contributed by atoms with E-state index in [0.717, 1.165) is 48.0 Å². The van der Waals surface area contributed by atoms with Gasteiger partial charge in [0.05, 0.1) is 0 Å². The van der Waals surface area contributed by atoms with Gasteiger partial charge in [-0.2, -0.15) is 0 Å². The predicted octanol–water partition coefficient (Wildman–Crippen LogP) is 5.04. The molecule has 1 aromatic heterocycles. The van der Waals surface area contributed by atoms with Crippen LogP contribution in [0.4, 0.5) is 11.4 Å². The Kier molecular flexibility index (Phi) is 5.67. The zero-order chi connectivity index (χ0) is 19.3. The predicted molar refractivity (Wildman–Crippen MR) is 119 cm³/mol. The molecule has 2 N–H and O–H groups in total. The van der Waals surface area contributed by atoms with Crippen LogP contribution in [0.5, 0.6) is 0 Å². The van der Waals surface area contributed by atoms with Crippen molar-refractivity contribution in [3.05, 3.63) is 59.9 Å². The molecule has 0 radical (unpaired) electrons. The number of nitrogens with one attached hydrogen (secondary N) is 2. The van der Waals surface area contributed by atoms with Gasteiger partial charge in [-0.15, -0.1) is 10.2 Å². The van der Waals surface area contributed by atoms with Gasteiger partial charge in [0.25, 0.3) is 0 Å². The number of hydrogen-bond acceptors (Lipinski definition) is 3. The summed E-state index contributed by atoms with van der Waals surface area (Å²) in [5, 5.41) is 16.0. The average molecular weight is 392 g/mol. The molecule has 0 fully saturated rings. The summed E-state index contributed by atoms with van der Waals surface area (Å²) in [5.41, 5.74) is 4.27. The molecule has 0 saturated carbocycles. The highest BCUT2D eigenvalue weighted by Crippen LogP contribution is 2.25. The Morgan fingerprint density at radius 2 is 1.79 bits per heavy atom. The molecule has 0 aliphatic carbocycles. The van der Waals surface area contributed by atoms with E-state index < -0.39 is 0 Å². The second-order valence-corrected chi connectivity index (χ2v) is 7.52. The van der Waals surface area contributed by atoms with E-state index in [1.807, 2.05) is 24.3 Å². The maximum Gasteiger partial charge on any atom is 0.175 e. The Labute approximate surface area is 171 Å². The first-order valence-corrected chi connectivity index (χ1v) is 10.3. The maximum atomic E-state index is 5.50. The minimum atomic E-state index is 0.575. The molecule has 1 aliphatic heterocycles. The molecule has 0 saturated heterocycles. The molecule has 6 heteroatoms. The fourth-order valence-corrected chi connectivity index (χ4v) is 3.83. The van der Waals surface area contributed by atoms with Gasteiger partial charge in [-0.05, 0) is 61.3 Å². The Hall–Kier alpha value is -2.73. The first kappa shape index (κ1) is 18.6. The van der Waals surface area contributed by atoms with E-state index in [4.69, 9.17) is 12.2 Å². The number of fused-ring (bicyclic) bond motifs is 1. The third-order valence-corrected chi connectivity index (χ3v) is 5.29. The quantitative estimate of drug-likeness (QED) is 0.610. The van der Waals surface area contributed by atoms with Crippen LogP contribution in [0.2, 0.25) is 0 Å². The lowest BCUT2D eigenvalue weighted by molar-refractivity contribution is 0.636. The van der Waals surface area contributed by atoms with Gasteiger partial charge in [0.15, 0.2) is 10.9 Å². The second kappa shape index (κ2) is 8.52. The van der Waals surface area contributed by atoms with E-state index in [2.05, 4.69) is 56.6 Å². The summed E-state index contributed by atoms with van der Waals surface area (Å²) < 4.78 is 2.26. The van der Waals surface area contributed by atoms with Crippen LogP contribution in [0.25, 0.3) is 11.4 Å². The molecule has 4 rings (SSSR count). The molecular weight excluding hydrogens is 366 g/mol. The average Bonchev–Trinajstić information content (AvgIpc) is 2.96. The zero-order valence-corrected chi connectivity index (χ0v) is 16.9. The lowest BCUT2D eigenvalue weighted by Crippen LogP contribution is -2.19. The highest BCUT2D eigenvalue weighted by molar-refractivity contribution is 7.80. The van der Waals surface area contributed by atoms with Crippen LogP contribution in [0.1, 0.15) is 37.6 Å². The molecule has 144 valence electrons. The normalized spacial score (nSPS) is 13.5. The highest BCUT2D eigenvalue weighted by atomic mass is 32.1. The molecule has 0 atom stereocenters. The fourth-order valence-electron chi connectivity index (χ4n) is 3.60. The number of aryl methyl sites for hydroxylation is 2. The van der Waals surface area contributed by atoms with Crippen LogP contribution in [-0.2, 0) is 19.4 Å². The first-order chi connectivity index (χ1) is 13.7. The van der Waals surface area contributed by atoms with Crippen molar-refractivity contribution >= 4 is 28.7 Å². The minimum absolute atomic E-state index is 0.575. The van der Waals surface area contributed by atoms with E-state index in [9.17, 15) is 0 Å². The molecule has 28 heavy (non-hydrogen) atoms. The molecule has 0 bridgehead atoms. The highest BCUT2D eigenvalue weighted by Gasteiger charge is 2.16. The van der Waals surface area contributed by atoms with Crippen molar-refractivity contribution in [3.63, 3.8) is 0 Å². The van der Waals surface area contributed by atoms with Crippen molar-refractivity contribution in [3.8, 4) is 11.4 Å². The number of aromatic nitrogens is 3. The lowest BCUT2D eigenvalue weighted by Gasteiger charge is -2.13. The van der Waals surface area contributed by atoms with Crippen LogP contribution < -0.4 is 10.6 Å². The number of nitrogens with zero attached hydrogens (tertiary/aromatic N) is 3. The molecule has 1 aliphatic rings. The standard InChI is InChI=1S/C22H25N5S/c1-2-16-8-6-10-18(14-16)23-22(28)24-19-11-7-9-17(15-19)21-26-25-20-12-4-3-5-13-27(20)21/h6-11,14-15H,2-5,12-13H2,1H3,(H2,23,24,28). The van der Waals surface area contributed by atoms with Gasteiger partial charge in [-0.25, -0.2) is 0 Å². The summed E-state index contributed by atoms with van der Waals surface area (Å²) in [6.07, 6.45) is 5.64. The van der Waals surface area contributed by atoms with Gasteiger partial charge < -0.3 is 15.2 Å². The Morgan fingerprint density at radius 3 is 2.61 bits per heavy atom. The summed E-state index contributed by atoms with van der Waals surface area (Å²) >= 11 is 5.50. The Bertz CT molecular complexity index is 979. The van der Waals surface area contributed by atoms with Gasteiger partial charge in [-0.1, -0.05) is 37.6 Å². The molecule has 5 nitrogen and oxygen atoms in total. The fraction of sp³-hybridized carbons (Fsp3) is 0.318. The van der Waals surface area contributed by atoms with Crippen molar-refractivity contribution in [2.24, 2.45) is 0 Å². The molecular formula is C22H25N5S. The maximum absolute atomic E-state index is 5.50. The van der Waals surface area contributed by atoms with Gasteiger partial charge in [0.1, 0.15) is 5.82 Å². The monoisotopic (exact) mass is 391 g/mol. The lowest BCUT2D eigenvalue weighted by atomic mass is 10.1. The summed E-state index contributed by atoms with van der Waals surface area (Å²) in [6, 6.07) is 16.5. The molecule has 2 aromatic carbocycles. The molecule has 3 aromatic rings. The third-order valence-electron chi connectivity index (χ3n) is 5.08. The van der Waals surface area contributed by atoms with Gasteiger partial charge >= 0.3 is 0 Å². The first-order valence-electron chi connectivity index (χ1n) is 9.92. The van der Waals surface area contributed by atoms with Crippen molar-refractivity contribution < 1.29 is 0 Å². The van der Waals surface area contributed by atoms with Crippen molar-refractivity contribution in [2.75, 3.05) is 10.6 Å². The van der Waals surface area contributed by atoms with Crippen LogP contribution in [-0.4, -0.2) is 19.9 Å². The number of benzene rings is 2. The van der Waals surface area contributed by atoms with Crippen molar-refractivity contribution in [1.29, 1.82) is 0 Å². The van der Waals surface area contributed by atoms with Crippen LogP contribution in [0, 0.1) is 0 Å². The Balaban J connectivity index is 1.50. The Morgan fingerprint density at radius 1 is 1.00 bits per heavy atom. The van der Waals surface area contributed by atoms with E-state index >= 15 is 0 Å². The topological polar surface area (TPSA) is 54.8 Å². The third kappa shape index (κ3) is 4.22. The van der Waals surface area contributed by atoms with E-state index in [0.29, 0.717) is 5.11 Å². The largest absolute Gasteiger partial charge is 0.332 e. The number of thiocarbonyl (C=S) groups is 1. The summed E-state index contributed by atoms with van der Waals surface area (Å²) in [6.45, 7) is 3.13.